The van der Waals surface area contributed by atoms with Gasteiger partial charge in [-0.1, -0.05) is 0 Å². The Labute approximate surface area is 154 Å². The summed E-state index contributed by atoms with van der Waals surface area (Å²) in [5.74, 6) is 1.51. The van der Waals surface area contributed by atoms with Crippen molar-refractivity contribution in [2.45, 2.75) is 45.3 Å². The first-order valence-electron chi connectivity index (χ1n) is 9.31. The summed E-state index contributed by atoms with van der Waals surface area (Å²) < 4.78 is 10.9. The molecule has 2 fully saturated rings. The molecule has 1 atom stereocenters. The van der Waals surface area contributed by atoms with Gasteiger partial charge in [-0.3, -0.25) is 0 Å². The number of hydrogen-bond donors (Lipinski definition) is 1. The molecule has 1 aromatic rings. The van der Waals surface area contributed by atoms with Crippen LogP contribution in [-0.4, -0.2) is 72.0 Å². The van der Waals surface area contributed by atoms with E-state index in [1.54, 1.807) is 11.1 Å². The Morgan fingerprint density at radius 2 is 2.08 bits per heavy atom. The van der Waals surface area contributed by atoms with E-state index in [4.69, 9.17) is 9.47 Å². The lowest BCUT2D eigenvalue weighted by atomic mass is 10.1. The number of rotatable bonds is 3. The molecule has 3 heterocycles. The van der Waals surface area contributed by atoms with E-state index in [1.165, 1.54) is 0 Å². The number of carbonyl (C=O) groups is 1. The van der Waals surface area contributed by atoms with Gasteiger partial charge in [-0.2, -0.15) is 4.98 Å². The molecule has 0 spiro atoms. The Kier molecular flexibility index (Phi) is 5.80. The highest BCUT2D eigenvalue weighted by molar-refractivity contribution is 5.68. The van der Waals surface area contributed by atoms with Gasteiger partial charge in [0, 0.05) is 38.4 Å². The number of carbonyl (C=O) groups excluding carboxylic acids is 1. The fourth-order valence-electron chi connectivity index (χ4n) is 3.16. The SMILES string of the molecule is CC(C)(C)OC(=O)N1CCC[C@@H](Nc2nccc(N3CCOCC3)n2)C1. The van der Waals surface area contributed by atoms with Gasteiger partial charge in [-0.25, -0.2) is 9.78 Å². The summed E-state index contributed by atoms with van der Waals surface area (Å²) in [4.78, 5) is 25.2. The maximum Gasteiger partial charge on any atom is 0.410 e. The van der Waals surface area contributed by atoms with Crippen LogP contribution in [-0.2, 0) is 9.47 Å². The van der Waals surface area contributed by atoms with Crippen molar-refractivity contribution in [2.75, 3.05) is 49.6 Å². The monoisotopic (exact) mass is 363 g/mol. The van der Waals surface area contributed by atoms with E-state index < -0.39 is 5.60 Å². The highest BCUT2D eigenvalue weighted by atomic mass is 16.6. The molecule has 0 unspecified atom stereocenters. The Balaban J connectivity index is 1.59. The van der Waals surface area contributed by atoms with Crippen molar-refractivity contribution in [1.29, 1.82) is 0 Å². The van der Waals surface area contributed by atoms with Crippen LogP contribution in [0.3, 0.4) is 0 Å². The van der Waals surface area contributed by atoms with E-state index in [9.17, 15) is 4.79 Å². The van der Waals surface area contributed by atoms with Crippen LogP contribution in [0.25, 0.3) is 0 Å². The average molecular weight is 363 g/mol. The molecule has 2 aliphatic rings. The van der Waals surface area contributed by atoms with Crippen molar-refractivity contribution in [2.24, 2.45) is 0 Å². The molecule has 26 heavy (non-hydrogen) atoms. The molecule has 8 nitrogen and oxygen atoms in total. The quantitative estimate of drug-likeness (QED) is 0.881. The summed E-state index contributed by atoms with van der Waals surface area (Å²) in [6.45, 7) is 10.1. The normalized spacial score (nSPS) is 21.4. The van der Waals surface area contributed by atoms with E-state index in [2.05, 4.69) is 20.2 Å². The van der Waals surface area contributed by atoms with Crippen LogP contribution in [0.4, 0.5) is 16.6 Å². The van der Waals surface area contributed by atoms with Crippen molar-refractivity contribution in [1.82, 2.24) is 14.9 Å². The number of anilines is 2. The molecular formula is C18H29N5O3. The molecule has 1 N–H and O–H groups in total. The number of hydrogen-bond acceptors (Lipinski definition) is 7. The lowest BCUT2D eigenvalue weighted by Gasteiger charge is -2.34. The number of nitrogens with zero attached hydrogens (tertiary/aromatic N) is 4. The summed E-state index contributed by atoms with van der Waals surface area (Å²) in [6.07, 6.45) is 3.42. The van der Waals surface area contributed by atoms with Gasteiger partial charge in [0.15, 0.2) is 0 Å². The number of ether oxygens (including phenoxy) is 2. The van der Waals surface area contributed by atoms with E-state index in [0.717, 1.165) is 51.5 Å². The van der Waals surface area contributed by atoms with Crippen LogP contribution in [0.2, 0.25) is 0 Å². The number of nitrogens with one attached hydrogen (secondary N) is 1. The van der Waals surface area contributed by atoms with Crippen molar-refractivity contribution < 1.29 is 14.3 Å². The van der Waals surface area contributed by atoms with Gasteiger partial charge >= 0.3 is 6.09 Å². The number of piperidine rings is 1. The van der Waals surface area contributed by atoms with Crippen LogP contribution in [0.5, 0.6) is 0 Å². The summed E-state index contributed by atoms with van der Waals surface area (Å²) in [7, 11) is 0. The first kappa shape index (κ1) is 18.7. The number of aromatic nitrogens is 2. The first-order chi connectivity index (χ1) is 12.4. The van der Waals surface area contributed by atoms with E-state index in [0.29, 0.717) is 12.5 Å². The van der Waals surface area contributed by atoms with Crippen LogP contribution < -0.4 is 10.2 Å². The minimum atomic E-state index is -0.479. The zero-order valence-electron chi connectivity index (χ0n) is 15.9. The Bertz CT molecular complexity index is 613. The fraction of sp³-hybridized carbons (Fsp3) is 0.722. The summed E-state index contributed by atoms with van der Waals surface area (Å²) in [6, 6.07) is 2.04. The second kappa shape index (κ2) is 8.07. The van der Waals surface area contributed by atoms with Crippen LogP contribution in [0.1, 0.15) is 33.6 Å². The zero-order valence-corrected chi connectivity index (χ0v) is 15.9. The van der Waals surface area contributed by atoms with E-state index in [-0.39, 0.29) is 12.1 Å². The average Bonchev–Trinajstić information content (AvgIpc) is 2.61. The molecule has 0 aromatic carbocycles. The van der Waals surface area contributed by atoms with Gasteiger partial charge in [-0.15, -0.1) is 0 Å². The Hall–Kier alpha value is -2.09. The van der Waals surface area contributed by atoms with Crippen molar-refractivity contribution in [3.8, 4) is 0 Å². The molecule has 3 rings (SSSR count). The zero-order chi connectivity index (χ0) is 18.6. The summed E-state index contributed by atoms with van der Waals surface area (Å²) in [5, 5.41) is 3.38. The maximum atomic E-state index is 12.3. The molecule has 2 saturated heterocycles. The molecule has 0 bridgehead atoms. The smallest absolute Gasteiger partial charge is 0.410 e. The van der Waals surface area contributed by atoms with Crippen molar-refractivity contribution in [3.05, 3.63) is 12.3 Å². The van der Waals surface area contributed by atoms with Gasteiger partial charge < -0.3 is 24.6 Å². The summed E-state index contributed by atoms with van der Waals surface area (Å²) >= 11 is 0. The maximum absolute atomic E-state index is 12.3. The molecule has 2 aliphatic heterocycles. The first-order valence-corrected chi connectivity index (χ1v) is 9.31. The second-order valence-corrected chi connectivity index (χ2v) is 7.75. The number of amides is 1. The topological polar surface area (TPSA) is 79.8 Å². The predicted molar refractivity (Wildman–Crippen MR) is 99.5 cm³/mol. The largest absolute Gasteiger partial charge is 0.444 e. The van der Waals surface area contributed by atoms with Crippen molar-refractivity contribution >= 4 is 17.9 Å². The number of likely N-dealkylation sites (tertiary alicyclic amines) is 1. The summed E-state index contributed by atoms with van der Waals surface area (Å²) in [5.41, 5.74) is -0.479. The third-order valence-electron chi connectivity index (χ3n) is 4.38. The van der Waals surface area contributed by atoms with Crippen LogP contribution >= 0.6 is 0 Å². The number of morpholine rings is 1. The highest BCUT2D eigenvalue weighted by Gasteiger charge is 2.28. The Morgan fingerprint density at radius 1 is 1.31 bits per heavy atom. The van der Waals surface area contributed by atoms with Gasteiger partial charge in [0.25, 0.3) is 0 Å². The minimum absolute atomic E-state index is 0.121. The Morgan fingerprint density at radius 3 is 2.81 bits per heavy atom. The molecule has 0 aliphatic carbocycles. The van der Waals surface area contributed by atoms with Crippen LogP contribution in [0.15, 0.2) is 12.3 Å². The standard InChI is InChI=1S/C18H29N5O3/c1-18(2,3)26-17(24)23-8-4-5-14(13-23)20-16-19-7-6-15(21-16)22-9-11-25-12-10-22/h6-7,14H,4-5,8-13H2,1-3H3,(H,19,20,21)/t14-/m1/s1. The van der Waals surface area contributed by atoms with Gasteiger partial charge in [0.1, 0.15) is 11.4 Å². The van der Waals surface area contributed by atoms with E-state index >= 15 is 0 Å². The lowest BCUT2D eigenvalue weighted by molar-refractivity contribution is 0.0206. The molecule has 1 aromatic heterocycles. The minimum Gasteiger partial charge on any atom is -0.444 e. The molecule has 0 radical (unpaired) electrons. The molecule has 0 saturated carbocycles. The molecule has 144 valence electrons. The second-order valence-electron chi connectivity index (χ2n) is 7.75. The predicted octanol–water partition coefficient (Wildman–Crippen LogP) is 2.12. The van der Waals surface area contributed by atoms with Crippen LogP contribution in [0, 0.1) is 0 Å². The molecular weight excluding hydrogens is 334 g/mol. The van der Waals surface area contributed by atoms with Gasteiger partial charge in [0.05, 0.1) is 13.2 Å². The van der Waals surface area contributed by atoms with Crippen molar-refractivity contribution in [3.63, 3.8) is 0 Å². The van der Waals surface area contributed by atoms with E-state index in [1.807, 2.05) is 26.8 Å². The molecule has 1 amide bonds. The fourth-order valence-corrected chi connectivity index (χ4v) is 3.16. The van der Waals surface area contributed by atoms with Gasteiger partial charge in [-0.05, 0) is 39.7 Å². The lowest BCUT2D eigenvalue weighted by Crippen LogP contribution is -2.47. The highest BCUT2D eigenvalue weighted by Crippen LogP contribution is 2.19. The third-order valence-corrected chi connectivity index (χ3v) is 4.38. The van der Waals surface area contributed by atoms with Gasteiger partial charge in [0.2, 0.25) is 5.95 Å². The third kappa shape index (κ3) is 5.20. The molecule has 8 heteroatoms.